The Hall–Kier alpha value is -2.24. The van der Waals surface area contributed by atoms with Crippen LogP contribution in [0.15, 0.2) is 42.5 Å². The smallest absolute Gasteiger partial charge is 0.249 e. The highest BCUT2D eigenvalue weighted by molar-refractivity contribution is 6.30. The second kappa shape index (κ2) is 4.95. The zero-order valence-corrected chi connectivity index (χ0v) is 10.2. The number of hydrogen-bond donors (Lipinski definition) is 1. The number of halogens is 1. The van der Waals surface area contributed by atoms with Gasteiger partial charge in [0, 0.05) is 10.6 Å². The molecule has 0 radical (unpaired) electrons. The van der Waals surface area contributed by atoms with E-state index in [1.165, 1.54) is 23.3 Å². The predicted molar refractivity (Wildman–Crippen MR) is 73.3 cm³/mol. The van der Waals surface area contributed by atoms with E-state index >= 15 is 0 Å². The molecule has 18 heavy (non-hydrogen) atoms. The molecule has 1 aromatic carbocycles. The Kier molecular flexibility index (Phi) is 3.36. The summed E-state index contributed by atoms with van der Waals surface area (Å²) in [5.41, 5.74) is 8.66. The van der Waals surface area contributed by atoms with E-state index in [4.69, 9.17) is 23.8 Å². The summed E-state index contributed by atoms with van der Waals surface area (Å²) in [5.74, 6) is 1.79. The molecule has 3 heteroatoms. The molecule has 0 saturated heterocycles. The van der Waals surface area contributed by atoms with Crippen molar-refractivity contribution in [1.29, 1.82) is 0 Å². The van der Waals surface area contributed by atoms with Crippen LogP contribution in [0, 0.1) is 12.3 Å². The van der Waals surface area contributed by atoms with Gasteiger partial charge in [-0.15, -0.1) is 6.42 Å². The molecule has 2 aliphatic rings. The lowest BCUT2D eigenvalue weighted by atomic mass is 10.1. The normalized spacial score (nSPS) is 9.78. The van der Waals surface area contributed by atoms with Crippen LogP contribution in [0.5, 0.6) is 0 Å². The first-order valence-electron chi connectivity index (χ1n) is 5.28. The zero-order valence-electron chi connectivity index (χ0n) is 9.48. The monoisotopic (exact) mass is 255 g/mol. The molecule has 0 spiro atoms. The predicted octanol–water partition coefficient (Wildman–Crippen LogP) is 3.09. The molecular formula is C15H10ClNO. The molecule has 0 atom stereocenters. The van der Waals surface area contributed by atoms with Crippen LogP contribution in [0.2, 0.25) is 5.02 Å². The van der Waals surface area contributed by atoms with Crippen molar-refractivity contribution in [2.24, 2.45) is 5.73 Å². The maximum absolute atomic E-state index is 10.8. The van der Waals surface area contributed by atoms with Gasteiger partial charge >= 0.3 is 0 Å². The lowest BCUT2D eigenvalue weighted by Crippen LogP contribution is -2.12. The number of rotatable bonds is 1. The summed E-state index contributed by atoms with van der Waals surface area (Å²) in [6.07, 6.45) is 5.14. The van der Waals surface area contributed by atoms with Crippen molar-refractivity contribution in [2.45, 2.75) is 0 Å². The second-order valence-electron chi connectivity index (χ2n) is 3.78. The van der Waals surface area contributed by atoms with Crippen LogP contribution in [-0.2, 0) is 0 Å². The fraction of sp³-hybridized carbons (Fsp3) is 0. The highest BCUT2D eigenvalue weighted by atomic mass is 35.5. The third-order valence-electron chi connectivity index (χ3n) is 2.52. The van der Waals surface area contributed by atoms with Crippen molar-refractivity contribution < 1.29 is 4.79 Å². The summed E-state index contributed by atoms with van der Waals surface area (Å²) in [6.45, 7) is 0. The third-order valence-corrected chi connectivity index (χ3v) is 2.75. The number of carbonyl (C=O) groups excluding carboxylic acids is 1. The van der Waals surface area contributed by atoms with Gasteiger partial charge in [0.15, 0.2) is 0 Å². The SMILES string of the molecule is C#Cc1cc(Cl)ccc1C(N)=O.c1cc2cc-2c1. The van der Waals surface area contributed by atoms with E-state index in [1.807, 2.05) is 0 Å². The molecular weight excluding hydrogens is 246 g/mol. The molecule has 2 aliphatic carbocycles. The molecule has 1 amide bonds. The van der Waals surface area contributed by atoms with E-state index in [0.717, 1.165) is 0 Å². The number of amides is 1. The standard InChI is InChI=1S/C9H6ClNO.C6H4/c1-2-6-5-7(10)3-4-8(6)9(11)12;1-2-5-4-6(5)3-1/h1,3-5H,(H2,11,12);1-4H. The highest BCUT2D eigenvalue weighted by Gasteiger charge is 2.07. The molecule has 1 aromatic rings. The van der Waals surface area contributed by atoms with Crippen molar-refractivity contribution in [2.75, 3.05) is 0 Å². The first kappa shape index (κ1) is 12.2. The van der Waals surface area contributed by atoms with Gasteiger partial charge in [-0.05, 0) is 35.4 Å². The molecule has 0 fully saturated rings. The summed E-state index contributed by atoms with van der Waals surface area (Å²) in [4.78, 5) is 10.8. The molecule has 88 valence electrons. The zero-order chi connectivity index (χ0) is 13.1. The van der Waals surface area contributed by atoms with Crippen LogP contribution >= 0.6 is 11.6 Å². The number of terminal acetylenes is 1. The Bertz CT molecular complexity index is 639. The number of hydrogen-bond acceptors (Lipinski definition) is 1. The summed E-state index contributed by atoms with van der Waals surface area (Å²) >= 11 is 5.65. The number of carbonyl (C=O) groups is 1. The summed E-state index contributed by atoms with van der Waals surface area (Å²) in [7, 11) is 0. The van der Waals surface area contributed by atoms with E-state index in [-0.39, 0.29) is 0 Å². The Morgan fingerprint density at radius 3 is 2.22 bits per heavy atom. The van der Waals surface area contributed by atoms with Crippen molar-refractivity contribution in [3.8, 4) is 23.5 Å². The third kappa shape index (κ3) is 2.71. The van der Waals surface area contributed by atoms with Crippen LogP contribution in [0.3, 0.4) is 0 Å². The van der Waals surface area contributed by atoms with E-state index in [9.17, 15) is 4.79 Å². The van der Waals surface area contributed by atoms with Gasteiger partial charge in [0.05, 0.1) is 5.56 Å². The molecule has 0 aliphatic heterocycles. The van der Waals surface area contributed by atoms with Gasteiger partial charge < -0.3 is 5.73 Å². The van der Waals surface area contributed by atoms with Crippen molar-refractivity contribution >= 4 is 17.5 Å². The minimum Gasteiger partial charge on any atom is -0.366 e. The summed E-state index contributed by atoms with van der Waals surface area (Å²) < 4.78 is 0. The molecule has 0 aromatic heterocycles. The second-order valence-corrected chi connectivity index (χ2v) is 4.22. The van der Waals surface area contributed by atoms with Gasteiger partial charge in [0.25, 0.3) is 0 Å². The average Bonchev–Trinajstić information content (AvgIpc) is 2.96. The summed E-state index contributed by atoms with van der Waals surface area (Å²) in [6, 6.07) is 13.1. The molecule has 2 nitrogen and oxygen atoms in total. The quantitative estimate of drug-likeness (QED) is 0.667. The maximum atomic E-state index is 10.8. The Morgan fingerprint density at radius 2 is 1.83 bits per heavy atom. The van der Waals surface area contributed by atoms with Crippen molar-refractivity contribution in [3.05, 3.63) is 58.6 Å². The Labute approximate surface area is 110 Å². The fourth-order valence-corrected chi connectivity index (χ4v) is 1.70. The number of fused-ring (bicyclic) bond motifs is 1. The van der Waals surface area contributed by atoms with Gasteiger partial charge in [0.2, 0.25) is 5.91 Å². The molecule has 0 saturated carbocycles. The van der Waals surface area contributed by atoms with Gasteiger partial charge in [-0.3, -0.25) is 4.79 Å². The van der Waals surface area contributed by atoms with Crippen LogP contribution in [-0.4, -0.2) is 5.91 Å². The highest BCUT2D eigenvalue weighted by Crippen LogP contribution is 2.32. The average molecular weight is 256 g/mol. The molecule has 2 N–H and O–H groups in total. The fourth-order valence-electron chi connectivity index (χ4n) is 1.53. The van der Waals surface area contributed by atoms with E-state index < -0.39 is 5.91 Å². The Morgan fingerprint density at radius 1 is 1.17 bits per heavy atom. The van der Waals surface area contributed by atoms with Crippen molar-refractivity contribution in [1.82, 2.24) is 0 Å². The maximum Gasteiger partial charge on any atom is 0.249 e. The molecule has 0 bridgehead atoms. The topological polar surface area (TPSA) is 43.1 Å². The van der Waals surface area contributed by atoms with Gasteiger partial charge in [-0.1, -0.05) is 35.7 Å². The number of primary amides is 1. The largest absolute Gasteiger partial charge is 0.366 e. The first-order chi connectivity index (χ1) is 8.61. The van der Waals surface area contributed by atoms with E-state index in [2.05, 4.69) is 30.2 Å². The van der Waals surface area contributed by atoms with Crippen LogP contribution in [0.25, 0.3) is 11.1 Å². The number of benzene rings is 2. The molecule has 3 rings (SSSR count). The van der Waals surface area contributed by atoms with Gasteiger partial charge in [-0.25, -0.2) is 0 Å². The lowest BCUT2D eigenvalue weighted by Gasteiger charge is -1.99. The van der Waals surface area contributed by atoms with Crippen LogP contribution in [0.4, 0.5) is 0 Å². The van der Waals surface area contributed by atoms with E-state index in [0.29, 0.717) is 16.1 Å². The minimum atomic E-state index is -0.542. The van der Waals surface area contributed by atoms with Crippen LogP contribution < -0.4 is 5.73 Å². The number of nitrogens with two attached hydrogens (primary N) is 1. The van der Waals surface area contributed by atoms with Gasteiger partial charge in [0.1, 0.15) is 0 Å². The van der Waals surface area contributed by atoms with Gasteiger partial charge in [-0.2, -0.15) is 0 Å². The van der Waals surface area contributed by atoms with Crippen molar-refractivity contribution in [3.63, 3.8) is 0 Å². The molecule has 0 unspecified atom stereocenters. The Balaban J connectivity index is 0.000000164. The lowest BCUT2D eigenvalue weighted by molar-refractivity contribution is 0.1000. The first-order valence-corrected chi connectivity index (χ1v) is 5.66. The van der Waals surface area contributed by atoms with E-state index in [1.54, 1.807) is 6.07 Å². The minimum absolute atomic E-state index is 0.321. The molecule has 0 heterocycles. The summed E-state index contributed by atoms with van der Waals surface area (Å²) in [5, 5.41) is 0.493. The van der Waals surface area contributed by atoms with Crippen LogP contribution in [0.1, 0.15) is 15.9 Å².